The molecule has 0 atom stereocenters. The molecule has 2 aliphatic carbocycles. The van der Waals surface area contributed by atoms with Gasteiger partial charge >= 0.3 is 5.92 Å². The zero-order valence-corrected chi connectivity index (χ0v) is 11.3. The summed E-state index contributed by atoms with van der Waals surface area (Å²) in [7, 11) is 0. The van der Waals surface area contributed by atoms with Crippen LogP contribution in [0.2, 0.25) is 0 Å². The molecule has 1 aromatic rings. The van der Waals surface area contributed by atoms with Crippen molar-refractivity contribution in [2.45, 2.75) is 31.1 Å². The summed E-state index contributed by atoms with van der Waals surface area (Å²) in [5.41, 5.74) is -0.694. The van der Waals surface area contributed by atoms with E-state index in [1.165, 1.54) is 18.2 Å². The second-order valence-corrected chi connectivity index (χ2v) is 6.24. The third kappa shape index (κ3) is 2.49. The molecule has 1 N–H and O–H groups in total. The summed E-state index contributed by atoms with van der Waals surface area (Å²) in [5.74, 6) is -5.86. The van der Waals surface area contributed by atoms with Gasteiger partial charge in [0.2, 0.25) is 0 Å². The lowest BCUT2D eigenvalue weighted by Gasteiger charge is -2.36. The quantitative estimate of drug-likeness (QED) is 0.784. The summed E-state index contributed by atoms with van der Waals surface area (Å²) in [6.45, 7) is -1.26. The van der Waals surface area contributed by atoms with E-state index in [0.717, 1.165) is 0 Å². The molecule has 6 heteroatoms. The average Bonchev–Trinajstić information content (AvgIpc) is 2.98. The van der Waals surface area contributed by atoms with Crippen molar-refractivity contribution in [3.63, 3.8) is 0 Å². The Labute approximate surface area is 119 Å². The highest BCUT2D eigenvalue weighted by molar-refractivity contribution is 5.47. The van der Waals surface area contributed by atoms with Crippen LogP contribution in [0.5, 0.6) is 0 Å². The Kier molecular flexibility index (Phi) is 3.19. The Hall–Kier alpha value is -1.33. The van der Waals surface area contributed by atoms with Crippen molar-refractivity contribution in [1.82, 2.24) is 0 Å². The number of alkyl halides is 5. The summed E-state index contributed by atoms with van der Waals surface area (Å²) in [4.78, 5) is 0. The molecule has 2 fully saturated rings. The van der Waals surface area contributed by atoms with Gasteiger partial charge in [0.25, 0.3) is 5.92 Å². The highest BCUT2D eigenvalue weighted by Crippen LogP contribution is 2.72. The third-order valence-corrected chi connectivity index (χ3v) is 4.62. The summed E-state index contributed by atoms with van der Waals surface area (Å²) in [6.07, 6.45) is 0.940. The Morgan fingerprint density at radius 3 is 2.48 bits per heavy atom. The molecular formula is C15H16F5N. The Bertz CT molecular complexity index is 537. The van der Waals surface area contributed by atoms with Crippen LogP contribution in [-0.2, 0) is 5.92 Å². The number of halogens is 5. The van der Waals surface area contributed by atoms with E-state index in [1.54, 1.807) is 6.07 Å². The van der Waals surface area contributed by atoms with Crippen molar-refractivity contribution in [1.29, 1.82) is 0 Å². The molecule has 21 heavy (non-hydrogen) atoms. The molecule has 1 aromatic carbocycles. The summed E-state index contributed by atoms with van der Waals surface area (Å²) in [6, 6.07) is 5.42. The molecule has 0 amide bonds. The van der Waals surface area contributed by atoms with E-state index in [0.29, 0.717) is 25.1 Å². The summed E-state index contributed by atoms with van der Waals surface area (Å²) >= 11 is 0. The fourth-order valence-electron chi connectivity index (χ4n) is 3.21. The van der Waals surface area contributed by atoms with Gasteiger partial charge in [-0.15, -0.1) is 0 Å². The molecule has 0 aromatic heterocycles. The minimum atomic E-state index is -3.49. The van der Waals surface area contributed by atoms with Crippen molar-refractivity contribution >= 4 is 5.69 Å². The SMILES string of the molecule is FCC(F)(F)c1cccc(NCC2CC3(C2)CC3(F)F)c1. The maximum absolute atomic E-state index is 13.3. The van der Waals surface area contributed by atoms with E-state index >= 15 is 0 Å². The van der Waals surface area contributed by atoms with Crippen LogP contribution in [0.3, 0.4) is 0 Å². The van der Waals surface area contributed by atoms with Crippen LogP contribution in [0.4, 0.5) is 27.6 Å². The Morgan fingerprint density at radius 1 is 1.24 bits per heavy atom. The molecule has 116 valence electrons. The highest BCUT2D eigenvalue weighted by atomic mass is 19.3. The minimum Gasteiger partial charge on any atom is -0.385 e. The highest BCUT2D eigenvalue weighted by Gasteiger charge is 2.75. The van der Waals surface area contributed by atoms with E-state index in [1.807, 2.05) is 0 Å². The zero-order valence-electron chi connectivity index (χ0n) is 11.3. The van der Waals surface area contributed by atoms with Gasteiger partial charge in [-0.1, -0.05) is 12.1 Å². The number of benzene rings is 1. The summed E-state index contributed by atoms with van der Waals surface area (Å²) < 4.78 is 64.9. The minimum absolute atomic E-state index is 0.0191. The zero-order chi connectivity index (χ0) is 15.3. The van der Waals surface area contributed by atoms with E-state index in [9.17, 15) is 22.0 Å². The van der Waals surface area contributed by atoms with Crippen LogP contribution in [0.1, 0.15) is 24.8 Å². The fraction of sp³-hybridized carbons (Fsp3) is 0.600. The van der Waals surface area contributed by atoms with Crippen LogP contribution in [0.25, 0.3) is 0 Å². The van der Waals surface area contributed by atoms with Crippen molar-refractivity contribution in [3.05, 3.63) is 29.8 Å². The van der Waals surface area contributed by atoms with Gasteiger partial charge in [0.05, 0.1) is 0 Å². The number of nitrogens with one attached hydrogen (secondary N) is 1. The first-order valence-corrected chi connectivity index (χ1v) is 6.94. The van der Waals surface area contributed by atoms with Crippen LogP contribution in [-0.4, -0.2) is 19.1 Å². The molecule has 1 spiro atoms. The smallest absolute Gasteiger partial charge is 0.301 e. The largest absolute Gasteiger partial charge is 0.385 e. The van der Waals surface area contributed by atoms with Gasteiger partial charge in [0.15, 0.2) is 6.67 Å². The van der Waals surface area contributed by atoms with Gasteiger partial charge in [-0.25, -0.2) is 13.2 Å². The molecule has 0 unspecified atom stereocenters. The molecule has 2 saturated carbocycles. The maximum atomic E-state index is 13.3. The molecule has 0 radical (unpaired) electrons. The molecule has 3 rings (SSSR count). The fourth-order valence-corrected chi connectivity index (χ4v) is 3.21. The van der Waals surface area contributed by atoms with Crippen LogP contribution >= 0.6 is 0 Å². The third-order valence-electron chi connectivity index (χ3n) is 4.62. The monoisotopic (exact) mass is 305 g/mol. The van der Waals surface area contributed by atoms with Crippen LogP contribution in [0, 0.1) is 11.3 Å². The molecule has 0 bridgehead atoms. The number of anilines is 1. The number of hydrogen-bond donors (Lipinski definition) is 1. The number of rotatable bonds is 5. The van der Waals surface area contributed by atoms with E-state index < -0.39 is 23.9 Å². The lowest BCUT2D eigenvalue weighted by Crippen LogP contribution is -2.34. The normalized spacial score (nSPS) is 30.0. The van der Waals surface area contributed by atoms with Crippen molar-refractivity contribution in [2.24, 2.45) is 11.3 Å². The molecule has 0 heterocycles. The molecule has 1 nitrogen and oxygen atoms in total. The first kappa shape index (κ1) is 14.6. The van der Waals surface area contributed by atoms with Gasteiger partial charge in [0, 0.05) is 29.6 Å². The lowest BCUT2D eigenvalue weighted by atomic mass is 9.71. The van der Waals surface area contributed by atoms with Crippen LogP contribution in [0.15, 0.2) is 24.3 Å². The number of hydrogen-bond acceptors (Lipinski definition) is 1. The van der Waals surface area contributed by atoms with E-state index in [2.05, 4.69) is 5.32 Å². The van der Waals surface area contributed by atoms with Gasteiger partial charge in [-0.2, -0.15) is 8.78 Å². The van der Waals surface area contributed by atoms with Gasteiger partial charge in [-0.3, -0.25) is 0 Å². The lowest BCUT2D eigenvalue weighted by molar-refractivity contribution is -0.0280. The predicted octanol–water partition coefficient (Wildman–Crippen LogP) is 4.60. The van der Waals surface area contributed by atoms with Crippen molar-refractivity contribution in [3.8, 4) is 0 Å². The van der Waals surface area contributed by atoms with E-state index in [-0.39, 0.29) is 17.9 Å². The second-order valence-electron chi connectivity index (χ2n) is 6.24. The Balaban J connectivity index is 1.54. The van der Waals surface area contributed by atoms with Gasteiger partial charge < -0.3 is 5.32 Å². The van der Waals surface area contributed by atoms with E-state index in [4.69, 9.17) is 0 Å². The first-order valence-electron chi connectivity index (χ1n) is 6.94. The molecule has 0 saturated heterocycles. The van der Waals surface area contributed by atoms with Gasteiger partial charge in [-0.05, 0) is 30.9 Å². The summed E-state index contributed by atoms with van der Waals surface area (Å²) in [5, 5.41) is 2.98. The first-order chi connectivity index (χ1) is 9.78. The van der Waals surface area contributed by atoms with Crippen LogP contribution < -0.4 is 5.32 Å². The standard InChI is InChI=1S/C15H16F5N/c16-9-14(17,18)11-2-1-3-12(4-11)21-7-10-5-13(6-10)8-15(13,19)20/h1-4,10,21H,5-9H2. The maximum Gasteiger partial charge on any atom is 0.301 e. The van der Waals surface area contributed by atoms with Gasteiger partial charge in [0.1, 0.15) is 0 Å². The molecular weight excluding hydrogens is 289 g/mol. The molecule has 2 aliphatic rings. The van der Waals surface area contributed by atoms with Crippen molar-refractivity contribution < 1.29 is 22.0 Å². The second kappa shape index (κ2) is 4.58. The average molecular weight is 305 g/mol. The topological polar surface area (TPSA) is 12.0 Å². The Morgan fingerprint density at radius 2 is 1.90 bits per heavy atom. The van der Waals surface area contributed by atoms with Crippen molar-refractivity contribution in [2.75, 3.05) is 18.5 Å². The predicted molar refractivity (Wildman–Crippen MR) is 69.5 cm³/mol. The molecule has 0 aliphatic heterocycles.